The summed E-state index contributed by atoms with van der Waals surface area (Å²) in [7, 11) is 1.24. The fourth-order valence-corrected chi connectivity index (χ4v) is 0.629. The number of amides is 1. The van der Waals surface area contributed by atoms with Crippen LogP contribution in [0.25, 0.3) is 0 Å². The smallest absolute Gasteiger partial charge is 0.425 e. The first-order valence-electron chi connectivity index (χ1n) is 3.19. The summed E-state index contributed by atoms with van der Waals surface area (Å²) in [6.07, 6.45) is 0.617. The lowest BCUT2D eigenvalue weighted by Crippen LogP contribution is -2.36. The lowest BCUT2D eigenvalue weighted by atomic mass is 10.5. The van der Waals surface area contributed by atoms with Gasteiger partial charge in [-0.3, -0.25) is 5.43 Å². The van der Waals surface area contributed by atoms with Crippen molar-refractivity contribution in [1.82, 2.24) is 10.9 Å². The van der Waals surface area contributed by atoms with Crippen LogP contribution in [-0.4, -0.2) is 25.8 Å². The Morgan fingerprint density at radius 2 is 2.50 bits per heavy atom. The van der Waals surface area contributed by atoms with Gasteiger partial charge in [0.15, 0.2) is 0 Å². The maximum atomic E-state index is 10.5. The Morgan fingerprint density at radius 3 is 3.00 bits per heavy atom. The molecule has 0 atom stereocenters. The molecular weight excluding hydrogens is 164 g/mol. The quantitative estimate of drug-likeness (QED) is 0.425. The van der Waals surface area contributed by atoms with Gasteiger partial charge < -0.3 is 9.47 Å². The minimum Gasteiger partial charge on any atom is -0.456 e. The number of cyclic esters (lactones) is 1. The summed E-state index contributed by atoms with van der Waals surface area (Å²) in [4.78, 5) is 21.0. The summed E-state index contributed by atoms with van der Waals surface area (Å²) in [5.74, 6) is -0.427. The predicted octanol–water partition coefficient (Wildman–Crippen LogP) is -0.712. The van der Waals surface area contributed by atoms with E-state index in [2.05, 4.69) is 20.3 Å². The number of rotatable bonds is 2. The van der Waals surface area contributed by atoms with Gasteiger partial charge in [-0.1, -0.05) is 0 Å². The monoisotopic (exact) mass is 172 g/mol. The third-order valence-electron chi connectivity index (χ3n) is 1.17. The average molecular weight is 172 g/mol. The lowest BCUT2D eigenvalue weighted by molar-refractivity contribution is -0.134. The van der Waals surface area contributed by atoms with Crippen molar-refractivity contribution in [3.05, 3.63) is 11.8 Å². The highest BCUT2D eigenvalue weighted by atomic mass is 16.5. The molecule has 0 spiro atoms. The average Bonchev–Trinajstić information content (AvgIpc) is 2.47. The van der Waals surface area contributed by atoms with Crippen molar-refractivity contribution in [3.8, 4) is 0 Å². The standard InChI is InChI=1S/C6H8N2O4/c1-11-6(10)8-7-4-2-5(9)12-3-4/h2,7H,3H2,1H3,(H,8,10). The summed E-state index contributed by atoms with van der Waals surface area (Å²) in [5, 5.41) is 0. The van der Waals surface area contributed by atoms with E-state index in [0.29, 0.717) is 5.70 Å². The van der Waals surface area contributed by atoms with E-state index in [9.17, 15) is 9.59 Å². The van der Waals surface area contributed by atoms with Gasteiger partial charge in [0.2, 0.25) is 0 Å². The highest BCUT2D eigenvalue weighted by Crippen LogP contribution is 1.99. The van der Waals surface area contributed by atoms with Crippen LogP contribution in [0.15, 0.2) is 11.8 Å². The molecule has 0 aromatic rings. The van der Waals surface area contributed by atoms with Crippen molar-refractivity contribution in [2.45, 2.75) is 0 Å². The molecule has 1 rings (SSSR count). The van der Waals surface area contributed by atoms with Crippen LogP contribution in [0.4, 0.5) is 4.79 Å². The Bertz CT molecular complexity index is 236. The Labute approximate surface area is 68.5 Å². The first-order valence-corrected chi connectivity index (χ1v) is 3.19. The van der Waals surface area contributed by atoms with Gasteiger partial charge in [0.25, 0.3) is 0 Å². The SMILES string of the molecule is COC(=O)NNC1=CC(=O)OC1. The van der Waals surface area contributed by atoms with Crippen LogP contribution in [0.3, 0.4) is 0 Å². The molecule has 12 heavy (non-hydrogen) atoms. The maximum Gasteiger partial charge on any atom is 0.425 e. The van der Waals surface area contributed by atoms with Gasteiger partial charge in [0, 0.05) is 6.08 Å². The minimum atomic E-state index is -0.629. The van der Waals surface area contributed by atoms with Crippen molar-refractivity contribution in [3.63, 3.8) is 0 Å². The molecule has 0 aromatic carbocycles. The zero-order valence-corrected chi connectivity index (χ0v) is 6.42. The number of methoxy groups -OCH3 is 1. The third-order valence-corrected chi connectivity index (χ3v) is 1.17. The summed E-state index contributed by atoms with van der Waals surface area (Å²) in [5.41, 5.74) is 5.13. The van der Waals surface area contributed by atoms with Gasteiger partial charge in [0.1, 0.15) is 6.61 Å². The first kappa shape index (κ1) is 8.38. The van der Waals surface area contributed by atoms with Crippen LogP contribution in [-0.2, 0) is 14.3 Å². The molecule has 66 valence electrons. The van der Waals surface area contributed by atoms with E-state index in [1.165, 1.54) is 13.2 Å². The van der Waals surface area contributed by atoms with E-state index < -0.39 is 12.1 Å². The van der Waals surface area contributed by atoms with E-state index in [-0.39, 0.29) is 6.61 Å². The van der Waals surface area contributed by atoms with E-state index >= 15 is 0 Å². The van der Waals surface area contributed by atoms with Gasteiger partial charge in [-0.25, -0.2) is 15.0 Å². The van der Waals surface area contributed by atoms with Crippen LogP contribution in [0.1, 0.15) is 0 Å². The van der Waals surface area contributed by atoms with Crippen molar-refractivity contribution in [1.29, 1.82) is 0 Å². The molecule has 0 saturated carbocycles. The van der Waals surface area contributed by atoms with Crippen molar-refractivity contribution in [2.75, 3.05) is 13.7 Å². The summed E-state index contributed by atoms with van der Waals surface area (Å²) < 4.78 is 8.82. The molecule has 1 amide bonds. The number of carbonyl (C=O) groups excluding carboxylic acids is 2. The number of carbonyl (C=O) groups is 2. The highest BCUT2D eigenvalue weighted by Gasteiger charge is 2.12. The Morgan fingerprint density at radius 1 is 1.75 bits per heavy atom. The molecule has 2 N–H and O–H groups in total. The molecule has 6 nitrogen and oxygen atoms in total. The molecule has 0 saturated heterocycles. The first-order chi connectivity index (χ1) is 5.72. The van der Waals surface area contributed by atoms with E-state index in [4.69, 9.17) is 0 Å². The van der Waals surface area contributed by atoms with Crippen molar-refractivity contribution >= 4 is 12.1 Å². The molecule has 1 heterocycles. The summed E-state index contributed by atoms with van der Waals surface area (Å²) in [6, 6.07) is 0. The molecule has 0 radical (unpaired) electrons. The number of ether oxygens (including phenoxy) is 2. The van der Waals surface area contributed by atoms with Crippen molar-refractivity contribution < 1.29 is 19.1 Å². The van der Waals surface area contributed by atoms with Crippen LogP contribution in [0.5, 0.6) is 0 Å². The van der Waals surface area contributed by atoms with Crippen molar-refractivity contribution in [2.24, 2.45) is 0 Å². The predicted molar refractivity (Wildman–Crippen MR) is 37.7 cm³/mol. The normalized spacial score (nSPS) is 14.8. The number of nitrogens with one attached hydrogen (secondary N) is 2. The van der Waals surface area contributed by atoms with Crippen LogP contribution < -0.4 is 10.9 Å². The van der Waals surface area contributed by atoms with Crippen LogP contribution >= 0.6 is 0 Å². The van der Waals surface area contributed by atoms with Gasteiger partial charge in [-0.2, -0.15) is 0 Å². The number of esters is 1. The molecular formula is C6H8N2O4. The molecule has 6 heteroatoms. The largest absolute Gasteiger partial charge is 0.456 e. The molecule has 0 aliphatic carbocycles. The maximum absolute atomic E-state index is 10.5. The fourth-order valence-electron chi connectivity index (χ4n) is 0.629. The van der Waals surface area contributed by atoms with Crippen LogP contribution in [0, 0.1) is 0 Å². The second-order valence-corrected chi connectivity index (χ2v) is 2.02. The minimum absolute atomic E-state index is 0.142. The zero-order chi connectivity index (χ0) is 8.97. The van der Waals surface area contributed by atoms with Gasteiger partial charge >= 0.3 is 12.1 Å². The molecule has 0 bridgehead atoms. The number of hydrogen-bond donors (Lipinski definition) is 2. The van der Waals surface area contributed by atoms with E-state index in [1.54, 1.807) is 0 Å². The zero-order valence-electron chi connectivity index (χ0n) is 6.42. The highest BCUT2D eigenvalue weighted by molar-refractivity contribution is 5.85. The topological polar surface area (TPSA) is 76.7 Å². The lowest BCUT2D eigenvalue weighted by Gasteiger charge is -2.05. The van der Waals surface area contributed by atoms with Gasteiger partial charge in [0.05, 0.1) is 12.8 Å². The fraction of sp³-hybridized carbons (Fsp3) is 0.333. The van der Waals surface area contributed by atoms with Gasteiger partial charge in [-0.05, 0) is 0 Å². The Balaban J connectivity index is 2.28. The number of hydrogen-bond acceptors (Lipinski definition) is 5. The summed E-state index contributed by atoms with van der Waals surface area (Å²) >= 11 is 0. The molecule has 0 aromatic heterocycles. The van der Waals surface area contributed by atoms with E-state index in [0.717, 1.165) is 0 Å². The Hall–Kier alpha value is -1.72. The third kappa shape index (κ3) is 2.15. The number of hydrazine groups is 1. The molecule has 0 fully saturated rings. The van der Waals surface area contributed by atoms with Gasteiger partial charge in [-0.15, -0.1) is 0 Å². The second kappa shape index (κ2) is 3.61. The summed E-state index contributed by atoms with van der Waals surface area (Å²) in [6.45, 7) is 0.142. The molecule has 1 aliphatic heterocycles. The molecule has 1 aliphatic rings. The van der Waals surface area contributed by atoms with E-state index in [1.807, 2.05) is 0 Å². The van der Waals surface area contributed by atoms with Crippen LogP contribution in [0.2, 0.25) is 0 Å². The molecule has 0 unspecified atom stereocenters. The second-order valence-electron chi connectivity index (χ2n) is 2.02. The Kier molecular flexibility index (Phi) is 2.52.